The van der Waals surface area contributed by atoms with Crippen LogP contribution in [0.15, 0.2) is 36.9 Å². The van der Waals surface area contributed by atoms with Crippen LogP contribution in [0.2, 0.25) is 0 Å². The van der Waals surface area contributed by atoms with Gasteiger partial charge in [0, 0.05) is 0 Å². The van der Waals surface area contributed by atoms with Crippen LogP contribution in [-0.2, 0) is 41.1 Å². The van der Waals surface area contributed by atoms with E-state index in [2.05, 4.69) is 19.7 Å². The normalized spacial score (nSPS) is 20.0. The Hall–Kier alpha value is -3.79. The molecule has 1 aliphatic rings. The van der Waals surface area contributed by atoms with E-state index >= 15 is 0 Å². The summed E-state index contributed by atoms with van der Waals surface area (Å²) in [7, 11) is -2.19. The van der Waals surface area contributed by atoms with Gasteiger partial charge in [-0.2, -0.15) is 13.2 Å². The van der Waals surface area contributed by atoms with Gasteiger partial charge in [0.05, 0.1) is 26.6 Å². The highest BCUT2D eigenvalue weighted by Crippen LogP contribution is 2.51. The molecule has 212 valence electrons. The van der Waals surface area contributed by atoms with Crippen molar-refractivity contribution in [2.75, 3.05) is 25.8 Å². The molecule has 0 saturated carbocycles. The van der Waals surface area contributed by atoms with Gasteiger partial charge < -0.3 is 35.1 Å². The number of esters is 1. The number of aliphatic carboxylic acids is 1. The molecule has 1 saturated heterocycles. The number of benzene rings is 1. The number of hydrogen-bond donors (Lipinski definition) is 3. The summed E-state index contributed by atoms with van der Waals surface area (Å²) in [6.45, 7) is 0.464. The first kappa shape index (κ1) is 29.8. The number of anilines is 1. The Morgan fingerprint density at radius 1 is 1.26 bits per heavy atom. The molecule has 0 bridgehead atoms. The van der Waals surface area contributed by atoms with Gasteiger partial charge in [-0.05, 0) is 24.1 Å². The molecular formula is C21H24F3N6O8P. The standard InChI is InChI=1S/C19H23N6O6P.C2HF3O2/c1-28-19(26)15(20)6-12-2-4-13(5-3-12)31-32(27)11-29-14(8-30-32)7-25-10-24-16-17(21)22-9-23-18(16)25;3-2(4,5)1(6)7/h2-5,9-10,14-15H,6-8,11,20H2,1H3,(H2,21,22,23);(H,6,7)/t14-,15-,32?;/m0./s1. The van der Waals surface area contributed by atoms with Gasteiger partial charge in [-0.1, -0.05) is 12.1 Å². The average molecular weight is 576 g/mol. The van der Waals surface area contributed by atoms with Gasteiger partial charge in [-0.25, -0.2) is 24.3 Å². The Morgan fingerprint density at radius 3 is 2.49 bits per heavy atom. The fourth-order valence-electron chi connectivity index (χ4n) is 3.22. The maximum Gasteiger partial charge on any atom is 0.490 e. The Balaban J connectivity index is 0.000000532. The van der Waals surface area contributed by atoms with E-state index in [0.29, 0.717) is 35.7 Å². The summed E-state index contributed by atoms with van der Waals surface area (Å²) in [6.07, 6.45) is -2.37. The Kier molecular flexibility index (Phi) is 9.45. The number of ether oxygens (including phenoxy) is 2. The third kappa shape index (κ3) is 8.10. The first-order valence-corrected chi connectivity index (χ1v) is 12.7. The summed E-state index contributed by atoms with van der Waals surface area (Å²) in [5.41, 5.74) is 13.5. The van der Waals surface area contributed by atoms with E-state index in [4.69, 9.17) is 35.2 Å². The molecule has 5 N–H and O–H groups in total. The molecule has 14 nitrogen and oxygen atoms in total. The zero-order valence-electron chi connectivity index (χ0n) is 20.3. The lowest BCUT2D eigenvalue weighted by atomic mass is 10.1. The first-order chi connectivity index (χ1) is 18.3. The number of nitrogens with two attached hydrogens (primary N) is 2. The number of carbonyl (C=O) groups excluding carboxylic acids is 1. The number of fused-ring (bicyclic) bond motifs is 1. The molecule has 3 atom stereocenters. The van der Waals surface area contributed by atoms with Crippen molar-refractivity contribution in [3.8, 4) is 5.75 Å². The molecule has 1 aliphatic heterocycles. The lowest BCUT2D eigenvalue weighted by Gasteiger charge is -2.29. The fraction of sp³-hybridized carbons (Fsp3) is 0.381. The van der Waals surface area contributed by atoms with Gasteiger partial charge in [-0.15, -0.1) is 0 Å². The lowest BCUT2D eigenvalue weighted by Crippen LogP contribution is -2.33. The number of imidazole rings is 1. The van der Waals surface area contributed by atoms with Crippen LogP contribution in [0.5, 0.6) is 5.75 Å². The minimum atomic E-state index is -5.08. The van der Waals surface area contributed by atoms with Gasteiger partial charge in [0.1, 0.15) is 29.7 Å². The van der Waals surface area contributed by atoms with Crippen molar-refractivity contribution < 1.29 is 51.0 Å². The second-order valence-corrected chi connectivity index (χ2v) is 9.95. The molecule has 3 heterocycles. The van der Waals surface area contributed by atoms with Gasteiger partial charge in [0.25, 0.3) is 0 Å². The molecule has 3 aromatic rings. The molecule has 1 aromatic carbocycles. The fourth-order valence-corrected chi connectivity index (χ4v) is 4.63. The highest BCUT2D eigenvalue weighted by molar-refractivity contribution is 7.54. The first-order valence-electron chi connectivity index (χ1n) is 11.0. The molecule has 1 fully saturated rings. The zero-order chi connectivity index (χ0) is 28.8. The van der Waals surface area contributed by atoms with Crippen LogP contribution in [0.25, 0.3) is 11.2 Å². The van der Waals surface area contributed by atoms with E-state index in [1.807, 2.05) is 0 Å². The molecule has 18 heteroatoms. The van der Waals surface area contributed by atoms with E-state index in [-0.39, 0.29) is 19.1 Å². The molecule has 0 spiro atoms. The van der Waals surface area contributed by atoms with Crippen molar-refractivity contribution in [1.82, 2.24) is 19.5 Å². The van der Waals surface area contributed by atoms with E-state index < -0.39 is 31.8 Å². The predicted molar refractivity (Wildman–Crippen MR) is 127 cm³/mol. The predicted octanol–water partition coefficient (Wildman–Crippen LogP) is 1.73. The number of methoxy groups -OCH3 is 1. The Morgan fingerprint density at radius 2 is 1.92 bits per heavy atom. The monoisotopic (exact) mass is 576 g/mol. The van der Waals surface area contributed by atoms with Gasteiger partial charge in [0.2, 0.25) is 0 Å². The number of nitrogen functional groups attached to an aromatic ring is 1. The topological polar surface area (TPSA) is 204 Å². The summed E-state index contributed by atoms with van der Waals surface area (Å²) in [6, 6.07) is 5.98. The van der Waals surface area contributed by atoms with Crippen molar-refractivity contribution in [3.63, 3.8) is 0 Å². The number of carboxylic acids is 1. The SMILES string of the molecule is COC(=O)[C@@H](N)Cc1ccc(OP2(=O)CO[C@@H](Cn3cnc4c(N)ncnc43)CO2)cc1.O=C(O)C(F)(F)F. The van der Waals surface area contributed by atoms with Crippen molar-refractivity contribution in [2.45, 2.75) is 31.3 Å². The van der Waals surface area contributed by atoms with Crippen LogP contribution in [0, 0.1) is 0 Å². The molecule has 0 amide bonds. The molecule has 2 aromatic heterocycles. The van der Waals surface area contributed by atoms with E-state index in [9.17, 15) is 22.5 Å². The summed E-state index contributed by atoms with van der Waals surface area (Å²) < 4.78 is 67.9. The van der Waals surface area contributed by atoms with Gasteiger partial charge in [0.15, 0.2) is 17.8 Å². The molecule has 0 aliphatic carbocycles. The number of hydrogen-bond acceptors (Lipinski definition) is 12. The summed E-state index contributed by atoms with van der Waals surface area (Å²) in [5, 5.41) is 7.12. The van der Waals surface area contributed by atoms with Crippen LogP contribution in [0.1, 0.15) is 5.56 Å². The van der Waals surface area contributed by atoms with E-state index in [1.165, 1.54) is 13.4 Å². The highest BCUT2D eigenvalue weighted by atomic mass is 31.2. The lowest BCUT2D eigenvalue weighted by molar-refractivity contribution is -0.192. The van der Waals surface area contributed by atoms with Crippen molar-refractivity contribution >= 4 is 36.5 Å². The number of rotatable bonds is 7. The second kappa shape index (κ2) is 12.4. The molecule has 1 unspecified atom stereocenters. The van der Waals surface area contributed by atoms with Crippen LogP contribution in [-0.4, -0.2) is 75.0 Å². The smallest absolute Gasteiger partial charge is 0.475 e. The summed E-state index contributed by atoms with van der Waals surface area (Å²) in [4.78, 5) is 32.6. The third-order valence-corrected chi connectivity index (χ3v) is 6.62. The molecular weight excluding hydrogens is 552 g/mol. The average Bonchev–Trinajstić information content (AvgIpc) is 3.30. The van der Waals surface area contributed by atoms with Crippen molar-refractivity contribution in [1.29, 1.82) is 0 Å². The van der Waals surface area contributed by atoms with Gasteiger partial charge in [-0.3, -0.25) is 9.32 Å². The van der Waals surface area contributed by atoms with Crippen LogP contribution >= 0.6 is 7.60 Å². The number of halogens is 3. The number of carbonyl (C=O) groups is 2. The highest BCUT2D eigenvalue weighted by Gasteiger charge is 2.38. The minimum Gasteiger partial charge on any atom is -0.475 e. The summed E-state index contributed by atoms with van der Waals surface area (Å²) >= 11 is 0. The Labute approximate surface area is 218 Å². The maximum atomic E-state index is 12.9. The summed E-state index contributed by atoms with van der Waals surface area (Å²) in [5.74, 6) is -2.59. The molecule has 4 rings (SSSR count). The number of alkyl halides is 3. The molecule has 39 heavy (non-hydrogen) atoms. The van der Waals surface area contributed by atoms with Crippen LogP contribution in [0.4, 0.5) is 19.0 Å². The van der Waals surface area contributed by atoms with E-state index in [1.54, 1.807) is 35.2 Å². The van der Waals surface area contributed by atoms with Crippen molar-refractivity contribution in [2.24, 2.45) is 5.73 Å². The van der Waals surface area contributed by atoms with E-state index in [0.717, 1.165) is 5.56 Å². The molecule has 0 radical (unpaired) electrons. The van der Waals surface area contributed by atoms with Gasteiger partial charge >= 0.3 is 25.7 Å². The van der Waals surface area contributed by atoms with Crippen LogP contribution < -0.4 is 16.0 Å². The Bertz CT molecular complexity index is 1340. The van der Waals surface area contributed by atoms with Crippen molar-refractivity contribution in [3.05, 3.63) is 42.5 Å². The third-order valence-electron chi connectivity index (χ3n) is 5.13. The maximum absolute atomic E-state index is 12.9. The number of aromatic nitrogens is 4. The largest absolute Gasteiger partial charge is 0.490 e. The van der Waals surface area contributed by atoms with Crippen LogP contribution in [0.3, 0.4) is 0 Å². The second-order valence-electron chi connectivity index (χ2n) is 8.02. The quantitative estimate of drug-likeness (QED) is 0.271. The minimum absolute atomic E-state index is 0.0730. The number of nitrogens with zero attached hydrogens (tertiary/aromatic N) is 4. The number of carboxylic acid groups (broad SMARTS) is 1. The zero-order valence-corrected chi connectivity index (χ0v) is 21.2.